The zero-order chi connectivity index (χ0) is 17.9. The van der Waals surface area contributed by atoms with E-state index >= 15 is 0 Å². The number of phenols is 1. The average molecular weight is 348 g/mol. The molecule has 1 aliphatic heterocycles. The maximum Gasteiger partial charge on any atom is 0.272 e. The SMILES string of the molecule is O=C(c1cncn1-c1ccccc1)N1CCN(c2ccccc2O)CC1. The Morgan fingerprint density at radius 2 is 1.62 bits per heavy atom. The molecule has 3 aromatic rings. The van der Waals surface area contributed by atoms with Gasteiger partial charge in [0, 0.05) is 31.9 Å². The second-order valence-corrected chi connectivity index (χ2v) is 6.25. The van der Waals surface area contributed by atoms with Crippen molar-refractivity contribution < 1.29 is 9.90 Å². The zero-order valence-corrected chi connectivity index (χ0v) is 14.3. The quantitative estimate of drug-likeness (QED) is 0.790. The molecule has 0 saturated carbocycles. The van der Waals surface area contributed by atoms with Gasteiger partial charge in [0.05, 0.1) is 18.2 Å². The van der Waals surface area contributed by atoms with Crippen molar-refractivity contribution in [3.05, 3.63) is 72.8 Å². The number of imidazole rings is 1. The first-order valence-electron chi connectivity index (χ1n) is 8.64. The van der Waals surface area contributed by atoms with Crippen LogP contribution in [0.4, 0.5) is 5.69 Å². The molecule has 1 aliphatic rings. The average Bonchev–Trinajstić information content (AvgIpc) is 3.18. The number of hydrogen-bond donors (Lipinski definition) is 1. The Bertz CT molecular complexity index is 899. The Morgan fingerprint density at radius 1 is 0.923 bits per heavy atom. The zero-order valence-electron chi connectivity index (χ0n) is 14.3. The van der Waals surface area contributed by atoms with Crippen LogP contribution in [0.25, 0.3) is 5.69 Å². The lowest BCUT2D eigenvalue weighted by Gasteiger charge is -2.36. The van der Waals surface area contributed by atoms with Gasteiger partial charge in [0.25, 0.3) is 5.91 Å². The second kappa shape index (κ2) is 6.92. The summed E-state index contributed by atoms with van der Waals surface area (Å²) in [5.41, 5.74) is 2.29. The highest BCUT2D eigenvalue weighted by molar-refractivity contribution is 5.93. The number of phenolic OH excluding ortho intramolecular Hbond substituents is 1. The van der Waals surface area contributed by atoms with E-state index in [9.17, 15) is 9.90 Å². The molecule has 1 amide bonds. The van der Waals surface area contributed by atoms with Crippen LogP contribution < -0.4 is 4.90 Å². The van der Waals surface area contributed by atoms with Crippen molar-refractivity contribution in [2.45, 2.75) is 0 Å². The molecule has 0 unspecified atom stereocenters. The third-order valence-electron chi connectivity index (χ3n) is 4.68. The minimum absolute atomic E-state index is 0.0247. The molecule has 0 spiro atoms. The largest absolute Gasteiger partial charge is 0.506 e. The summed E-state index contributed by atoms with van der Waals surface area (Å²) in [4.78, 5) is 21.1. The predicted molar refractivity (Wildman–Crippen MR) is 99.8 cm³/mol. The van der Waals surface area contributed by atoms with E-state index in [-0.39, 0.29) is 11.7 Å². The van der Waals surface area contributed by atoms with Crippen LogP contribution in [0.5, 0.6) is 5.75 Å². The molecule has 0 bridgehead atoms. The number of carbonyl (C=O) groups excluding carboxylic acids is 1. The standard InChI is InChI=1S/C20H20N4O2/c25-19-9-5-4-8-17(19)22-10-12-23(13-11-22)20(26)18-14-21-15-24(18)16-6-2-1-3-7-16/h1-9,14-15,25H,10-13H2. The normalized spacial score (nSPS) is 14.5. The van der Waals surface area contributed by atoms with Crippen molar-refractivity contribution in [2.75, 3.05) is 31.1 Å². The number of piperazine rings is 1. The van der Waals surface area contributed by atoms with Crippen molar-refractivity contribution >= 4 is 11.6 Å². The topological polar surface area (TPSA) is 61.6 Å². The highest BCUT2D eigenvalue weighted by Gasteiger charge is 2.25. The summed E-state index contributed by atoms with van der Waals surface area (Å²) in [5, 5.41) is 10.0. The number of aromatic nitrogens is 2. The summed E-state index contributed by atoms with van der Waals surface area (Å²) >= 11 is 0. The van der Waals surface area contributed by atoms with Gasteiger partial charge in [0.1, 0.15) is 11.4 Å². The molecule has 6 nitrogen and oxygen atoms in total. The first-order valence-corrected chi connectivity index (χ1v) is 8.64. The molecule has 6 heteroatoms. The molecule has 2 heterocycles. The van der Waals surface area contributed by atoms with E-state index in [1.807, 2.05) is 58.0 Å². The Balaban J connectivity index is 1.48. The van der Waals surface area contributed by atoms with E-state index in [2.05, 4.69) is 9.88 Å². The Kier molecular flexibility index (Phi) is 4.31. The molecular formula is C20H20N4O2. The summed E-state index contributed by atoms with van der Waals surface area (Å²) < 4.78 is 1.82. The molecule has 1 aromatic heterocycles. The van der Waals surface area contributed by atoms with Crippen LogP contribution in [0, 0.1) is 0 Å². The van der Waals surface area contributed by atoms with Crippen molar-refractivity contribution in [2.24, 2.45) is 0 Å². The van der Waals surface area contributed by atoms with Gasteiger partial charge in [0.2, 0.25) is 0 Å². The van der Waals surface area contributed by atoms with Gasteiger partial charge in [-0.3, -0.25) is 9.36 Å². The van der Waals surface area contributed by atoms with Gasteiger partial charge in [-0.15, -0.1) is 0 Å². The monoisotopic (exact) mass is 348 g/mol. The van der Waals surface area contributed by atoms with Crippen LogP contribution in [-0.4, -0.2) is 51.6 Å². The Labute approximate surface area is 151 Å². The number of benzene rings is 2. The maximum atomic E-state index is 13.0. The first-order chi connectivity index (χ1) is 12.7. The van der Waals surface area contributed by atoms with E-state index < -0.39 is 0 Å². The van der Waals surface area contributed by atoms with Crippen LogP contribution in [0.3, 0.4) is 0 Å². The first kappa shape index (κ1) is 16.2. The van der Waals surface area contributed by atoms with Gasteiger partial charge in [0.15, 0.2) is 0 Å². The van der Waals surface area contributed by atoms with Gasteiger partial charge in [-0.25, -0.2) is 4.98 Å². The number of hydrogen-bond acceptors (Lipinski definition) is 4. The lowest BCUT2D eigenvalue weighted by atomic mass is 10.2. The van der Waals surface area contributed by atoms with Crippen LogP contribution in [0.1, 0.15) is 10.5 Å². The number of carbonyl (C=O) groups is 1. The lowest BCUT2D eigenvalue weighted by molar-refractivity contribution is 0.0738. The maximum absolute atomic E-state index is 13.0. The molecule has 0 aliphatic carbocycles. The smallest absolute Gasteiger partial charge is 0.272 e. The van der Waals surface area contributed by atoms with Crippen molar-refractivity contribution in [3.8, 4) is 11.4 Å². The molecule has 2 aromatic carbocycles. The fraction of sp³-hybridized carbons (Fsp3) is 0.200. The van der Waals surface area contributed by atoms with Gasteiger partial charge in [-0.05, 0) is 24.3 Å². The molecule has 1 fully saturated rings. The fourth-order valence-corrected chi connectivity index (χ4v) is 3.29. The van der Waals surface area contributed by atoms with Crippen LogP contribution in [0.2, 0.25) is 0 Å². The molecule has 132 valence electrons. The molecule has 1 saturated heterocycles. The molecule has 0 radical (unpaired) electrons. The molecule has 4 rings (SSSR count). The van der Waals surface area contributed by atoms with E-state index in [0.717, 1.165) is 11.4 Å². The number of rotatable bonds is 3. The minimum atomic E-state index is -0.0247. The van der Waals surface area contributed by atoms with Crippen LogP contribution in [-0.2, 0) is 0 Å². The highest BCUT2D eigenvalue weighted by atomic mass is 16.3. The van der Waals surface area contributed by atoms with Crippen LogP contribution >= 0.6 is 0 Å². The van der Waals surface area contributed by atoms with Gasteiger partial charge in [-0.2, -0.15) is 0 Å². The van der Waals surface area contributed by atoms with Crippen molar-refractivity contribution in [1.29, 1.82) is 0 Å². The summed E-state index contributed by atoms with van der Waals surface area (Å²) in [6.45, 7) is 2.58. The Hall–Kier alpha value is -3.28. The van der Waals surface area contributed by atoms with Crippen LogP contribution in [0.15, 0.2) is 67.1 Å². The number of amides is 1. The van der Waals surface area contributed by atoms with Gasteiger partial charge < -0.3 is 14.9 Å². The van der Waals surface area contributed by atoms with E-state index in [0.29, 0.717) is 31.9 Å². The summed E-state index contributed by atoms with van der Waals surface area (Å²) in [6, 6.07) is 17.0. The number of para-hydroxylation sites is 3. The van der Waals surface area contributed by atoms with E-state index in [1.54, 1.807) is 18.6 Å². The number of nitrogens with zero attached hydrogens (tertiary/aromatic N) is 4. The Morgan fingerprint density at radius 3 is 2.35 bits per heavy atom. The molecule has 1 N–H and O–H groups in total. The third kappa shape index (κ3) is 3.01. The lowest BCUT2D eigenvalue weighted by Crippen LogP contribution is -2.49. The van der Waals surface area contributed by atoms with Crippen molar-refractivity contribution in [1.82, 2.24) is 14.5 Å². The molecule has 26 heavy (non-hydrogen) atoms. The van der Waals surface area contributed by atoms with Gasteiger partial charge >= 0.3 is 0 Å². The predicted octanol–water partition coefficient (Wildman–Crippen LogP) is 2.54. The third-order valence-corrected chi connectivity index (χ3v) is 4.68. The molecule has 0 atom stereocenters. The van der Waals surface area contributed by atoms with E-state index in [1.165, 1.54) is 0 Å². The fourth-order valence-electron chi connectivity index (χ4n) is 3.29. The van der Waals surface area contributed by atoms with Gasteiger partial charge in [-0.1, -0.05) is 30.3 Å². The minimum Gasteiger partial charge on any atom is -0.506 e. The highest BCUT2D eigenvalue weighted by Crippen LogP contribution is 2.27. The summed E-state index contributed by atoms with van der Waals surface area (Å²) in [5.74, 6) is 0.248. The molecular weight excluding hydrogens is 328 g/mol. The van der Waals surface area contributed by atoms with Crippen molar-refractivity contribution in [3.63, 3.8) is 0 Å². The summed E-state index contributed by atoms with van der Waals surface area (Å²) in [7, 11) is 0. The number of anilines is 1. The number of aromatic hydroxyl groups is 1. The van der Waals surface area contributed by atoms with E-state index in [4.69, 9.17) is 0 Å². The summed E-state index contributed by atoms with van der Waals surface area (Å²) in [6.07, 6.45) is 3.28. The second-order valence-electron chi connectivity index (χ2n) is 6.25.